The summed E-state index contributed by atoms with van der Waals surface area (Å²) in [6, 6.07) is 11.4. The number of benzene rings is 2. The summed E-state index contributed by atoms with van der Waals surface area (Å²) in [5, 5.41) is 1.11. The Bertz CT molecular complexity index is 1530. The zero-order chi connectivity index (χ0) is 28.3. The number of ether oxygens (including phenoxy) is 1. The third-order valence-corrected chi connectivity index (χ3v) is 9.37. The molecule has 1 aliphatic rings. The van der Waals surface area contributed by atoms with Gasteiger partial charge in [-0.1, -0.05) is 41.4 Å². The smallest absolute Gasteiger partial charge is 0.245 e. The van der Waals surface area contributed by atoms with Gasteiger partial charge >= 0.3 is 0 Å². The predicted molar refractivity (Wildman–Crippen MR) is 153 cm³/mol. The second kappa shape index (κ2) is 12.0. The van der Waals surface area contributed by atoms with E-state index in [1.807, 2.05) is 31.2 Å². The number of rotatable bonds is 9. The minimum atomic E-state index is -4.13. The van der Waals surface area contributed by atoms with Gasteiger partial charge in [0.1, 0.15) is 28.8 Å². The molecule has 0 spiro atoms. The molecule has 1 amide bonds. The summed E-state index contributed by atoms with van der Waals surface area (Å²) in [7, 11) is -2.55. The van der Waals surface area contributed by atoms with E-state index in [-0.39, 0.29) is 53.0 Å². The normalized spacial score (nSPS) is 15.8. The van der Waals surface area contributed by atoms with Gasteiger partial charge in [0.2, 0.25) is 15.9 Å². The van der Waals surface area contributed by atoms with E-state index >= 15 is 0 Å². The number of likely N-dealkylation sites (N-methyl/N-ethyl adjacent to an activating group) is 1. The lowest BCUT2D eigenvalue weighted by Crippen LogP contribution is -2.47. The first-order valence-electron chi connectivity index (χ1n) is 12.3. The van der Waals surface area contributed by atoms with Gasteiger partial charge in [-0.15, -0.1) is 0 Å². The third-order valence-electron chi connectivity index (χ3n) is 6.53. The van der Waals surface area contributed by atoms with Gasteiger partial charge in [-0.3, -0.25) is 9.79 Å². The average molecular weight is 594 g/mol. The van der Waals surface area contributed by atoms with E-state index in [0.717, 1.165) is 11.1 Å². The van der Waals surface area contributed by atoms with E-state index < -0.39 is 16.1 Å². The van der Waals surface area contributed by atoms with Crippen molar-refractivity contribution in [2.45, 2.75) is 37.3 Å². The van der Waals surface area contributed by atoms with E-state index in [1.165, 1.54) is 21.3 Å². The number of carbonyl (C=O) groups excluding carboxylic acids is 1. The molecule has 0 saturated carbocycles. The Balaban J connectivity index is 1.58. The van der Waals surface area contributed by atoms with E-state index in [2.05, 4.69) is 9.98 Å². The maximum Gasteiger partial charge on any atom is 0.245 e. The molecule has 39 heavy (non-hydrogen) atoms. The summed E-state index contributed by atoms with van der Waals surface area (Å²) < 4.78 is 34.8. The number of carbonyl (C=O) groups is 1. The molecule has 1 saturated heterocycles. The quantitative estimate of drug-likeness (QED) is 0.286. The van der Waals surface area contributed by atoms with Gasteiger partial charge in [0.15, 0.2) is 5.96 Å². The van der Waals surface area contributed by atoms with E-state index in [1.54, 1.807) is 13.1 Å². The average Bonchev–Trinajstić information content (AvgIpc) is 3.39. The Morgan fingerprint density at radius 3 is 2.72 bits per heavy atom. The fourth-order valence-corrected chi connectivity index (χ4v) is 7.00. The molecular formula is C26H30Cl2N6O4S. The lowest BCUT2D eigenvalue weighted by molar-refractivity contribution is -0.133. The molecule has 1 fully saturated rings. The van der Waals surface area contributed by atoms with Crippen LogP contribution in [-0.4, -0.2) is 67.2 Å². The van der Waals surface area contributed by atoms with Gasteiger partial charge in [-0.05, 0) is 44.0 Å². The SMILES string of the molecule is Cc1ccc2cccc(OCc3c(Cl)ccc(S(=O)(=O)N4CCC[C@H]4C(=O)N(C)CCN=C(N)N)c3Cl)c2n1. The van der Waals surface area contributed by atoms with Crippen LogP contribution in [0, 0.1) is 6.92 Å². The van der Waals surface area contributed by atoms with Crippen LogP contribution in [-0.2, 0) is 21.4 Å². The number of para-hydroxylation sites is 1. The van der Waals surface area contributed by atoms with Gasteiger partial charge < -0.3 is 21.1 Å². The van der Waals surface area contributed by atoms with Gasteiger partial charge in [0.05, 0.1) is 11.6 Å². The molecule has 0 bridgehead atoms. The van der Waals surface area contributed by atoms with Crippen LogP contribution >= 0.6 is 23.2 Å². The highest BCUT2D eigenvalue weighted by Crippen LogP contribution is 2.36. The Labute approximate surface area is 237 Å². The summed E-state index contributed by atoms with van der Waals surface area (Å²) in [6.07, 6.45) is 0.922. The minimum absolute atomic E-state index is 0.0499. The van der Waals surface area contributed by atoms with Gasteiger partial charge in [-0.25, -0.2) is 13.4 Å². The Kier molecular flexibility index (Phi) is 8.85. The number of hydrogen-bond acceptors (Lipinski definition) is 6. The summed E-state index contributed by atoms with van der Waals surface area (Å²) in [4.78, 5) is 22.9. The highest BCUT2D eigenvalue weighted by molar-refractivity contribution is 7.89. The molecule has 4 rings (SSSR count). The number of amides is 1. The second-order valence-electron chi connectivity index (χ2n) is 9.25. The van der Waals surface area contributed by atoms with Crippen LogP contribution in [0.5, 0.6) is 5.75 Å². The van der Waals surface area contributed by atoms with Crippen molar-refractivity contribution < 1.29 is 17.9 Å². The molecule has 10 nitrogen and oxygen atoms in total. The number of hydrogen-bond donors (Lipinski definition) is 2. The summed E-state index contributed by atoms with van der Waals surface area (Å²) in [5.74, 6) is 0.102. The number of aryl methyl sites for hydroxylation is 1. The molecule has 1 aliphatic heterocycles. The zero-order valence-electron chi connectivity index (χ0n) is 21.6. The van der Waals surface area contributed by atoms with Crippen molar-refractivity contribution in [1.29, 1.82) is 0 Å². The van der Waals surface area contributed by atoms with Crippen molar-refractivity contribution in [3.05, 3.63) is 63.8 Å². The fourth-order valence-electron chi connectivity index (χ4n) is 4.49. The lowest BCUT2D eigenvalue weighted by atomic mass is 10.2. The molecule has 2 heterocycles. The topological polar surface area (TPSA) is 144 Å². The maximum absolute atomic E-state index is 13.8. The number of aromatic nitrogens is 1. The highest BCUT2D eigenvalue weighted by atomic mass is 35.5. The second-order valence-corrected chi connectivity index (χ2v) is 11.9. The Morgan fingerprint density at radius 1 is 1.21 bits per heavy atom. The first-order valence-corrected chi connectivity index (χ1v) is 14.5. The number of nitrogens with two attached hydrogens (primary N) is 2. The first-order chi connectivity index (χ1) is 18.5. The number of guanidine groups is 1. The molecule has 1 atom stereocenters. The molecule has 2 aromatic carbocycles. The molecule has 1 aromatic heterocycles. The largest absolute Gasteiger partial charge is 0.487 e. The fraction of sp³-hybridized carbons (Fsp3) is 0.346. The van der Waals surface area contributed by atoms with Gasteiger partial charge in [0.25, 0.3) is 0 Å². The molecule has 0 aliphatic carbocycles. The van der Waals surface area contributed by atoms with Crippen molar-refractivity contribution in [3.63, 3.8) is 0 Å². The molecule has 13 heteroatoms. The molecule has 0 unspecified atom stereocenters. The monoisotopic (exact) mass is 592 g/mol. The van der Waals surface area contributed by atoms with Crippen molar-refractivity contribution in [2.75, 3.05) is 26.7 Å². The summed E-state index contributed by atoms with van der Waals surface area (Å²) in [5.41, 5.74) is 12.5. The van der Waals surface area contributed by atoms with Crippen LogP contribution in [0.1, 0.15) is 24.1 Å². The van der Waals surface area contributed by atoms with E-state index in [0.29, 0.717) is 29.7 Å². The molecule has 3 aromatic rings. The van der Waals surface area contributed by atoms with Crippen LogP contribution in [0.4, 0.5) is 0 Å². The van der Waals surface area contributed by atoms with Crippen LogP contribution in [0.2, 0.25) is 10.0 Å². The van der Waals surface area contributed by atoms with E-state index in [9.17, 15) is 13.2 Å². The molecule has 208 valence electrons. The number of nitrogens with zero attached hydrogens (tertiary/aromatic N) is 4. The Morgan fingerprint density at radius 2 is 1.97 bits per heavy atom. The number of sulfonamides is 1. The van der Waals surface area contributed by atoms with E-state index in [4.69, 9.17) is 39.4 Å². The van der Waals surface area contributed by atoms with Crippen LogP contribution in [0.3, 0.4) is 0 Å². The number of halogens is 2. The van der Waals surface area contributed by atoms with Gasteiger partial charge in [-0.2, -0.15) is 4.31 Å². The maximum atomic E-state index is 13.8. The highest BCUT2D eigenvalue weighted by Gasteiger charge is 2.41. The minimum Gasteiger partial charge on any atom is -0.487 e. The summed E-state index contributed by atoms with van der Waals surface area (Å²) >= 11 is 13.1. The zero-order valence-corrected chi connectivity index (χ0v) is 23.9. The number of fused-ring (bicyclic) bond motifs is 1. The van der Waals surface area contributed by atoms with Crippen molar-refractivity contribution >= 4 is 56.0 Å². The first kappa shape index (κ1) is 28.9. The van der Waals surface area contributed by atoms with Crippen molar-refractivity contribution in [3.8, 4) is 5.75 Å². The lowest BCUT2D eigenvalue weighted by Gasteiger charge is -2.28. The van der Waals surface area contributed by atoms with Crippen LogP contribution < -0.4 is 16.2 Å². The van der Waals surface area contributed by atoms with Crippen LogP contribution in [0.15, 0.2) is 52.4 Å². The van der Waals surface area contributed by atoms with Gasteiger partial charge in [0, 0.05) is 41.8 Å². The molecule has 0 radical (unpaired) electrons. The Hall–Kier alpha value is -3.12. The third kappa shape index (κ3) is 6.22. The van der Waals surface area contributed by atoms with Crippen molar-refractivity contribution in [2.24, 2.45) is 16.5 Å². The molecule has 4 N–H and O–H groups in total. The number of aliphatic imine (C=N–C) groups is 1. The van der Waals surface area contributed by atoms with Crippen molar-refractivity contribution in [1.82, 2.24) is 14.2 Å². The van der Waals surface area contributed by atoms with Crippen LogP contribution in [0.25, 0.3) is 10.9 Å². The summed E-state index contributed by atoms with van der Waals surface area (Å²) in [6.45, 7) is 2.45. The number of pyridine rings is 1. The predicted octanol–water partition coefficient (Wildman–Crippen LogP) is 3.31. The standard InChI is InChI=1S/C26H30Cl2N6O4S/c1-16-8-9-17-5-3-7-21(24(17)32-16)38-15-18-19(27)10-11-22(23(18)28)39(36,37)34-13-4-6-20(34)25(35)33(2)14-12-31-26(29)30/h3,5,7-11,20H,4,6,12-15H2,1-2H3,(H4,29,30,31)/t20-/m0/s1. The molecular weight excluding hydrogens is 563 g/mol.